The Morgan fingerprint density at radius 1 is 1.07 bits per heavy atom. The molecule has 0 saturated heterocycles. The lowest BCUT2D eigenvalue weighted by molar-refractivity contribution is 0.414. The summed E-state index contributed by atoms with van der Waals surface area (Å²) in [5.74, 6) is 2.15. The second-order valence-electron chi connectivity index (χ2n) is 6.81. The summed E-state index contributed by atoms with van der Waals surface area (Å²) < 4.78 is 5.23. The number of rotatable bonds is 7. The van der Waals surface area contributed by atoms with Gasteiger partial charge in [0.15, 0.2) is 5.96 Å². The van der Waals surface area contributed by atoms with Gasteiger partial charge in [0.2, 0.25) is 0 Å². The molecule has 0 saturated carbocycles. The Kier molecular flexibility index (Phi) is 9.18. The van der Waals surface area contributed by atoms with Crippen molar-refractivity contribution in [3.8, 4) is 5.75 Å². The maximum absolute atomic E-state index is 5.23. The smallest absolute Gasteiger partial charge is 0.191 e. The third-order valence-corrected chi connectivity index (χ3v) is 4.94. The molecule has 3 rings (SSSR count). The van der Waals surface area contributed by atoms with Crippen LogP contribution < -0.4 is 15.4 Å². The molecule has 1 atom stereocenters. The van der Waals surface area contributed by atoms with Gasteiger partial charge in [0.1, 0.15) is 5.75 Å². The van der Waals surface area contributed by atoms with Gasteiger partial charge in [-0.2, -0.15) is 0 Å². The van der Waals surface area contributed by atoms with Crippen molar-refractivity contribution in [2.45, 2.75) is 25.8 Å². The monoisotopic (exact) mass is 504 g/mol. The predicted octanol–water partition coefficient (Wildman–Crippen LogP) is 4.72. The lowest BCUT2D eigenvalue weighted by Crippen LogP contribution is -2.37. The fraction of sp³-hybridized carbons (Fsp3) is 0.304. The summed E-state index contributed by atoms with van der Waals surface area (Å²) in [5.41, 5.74) is 3.50. The topological polar surface area (TPSA) is 58.5 Å². The molecule has 5 nitrogen and oxygen atoms in total. The zero-order valence-corrected chi connectivity index (χ0v) is 19.5. The van der Waals surface area contributed by atoms with E-state index in [9.17, 15) is 0 Å². The number of guanidine groups is 1. The number of methoxy groups -OCH3 is 1. The molecule has 3 aromatic rings. The quantitative estimate of drug-likeness (QED) is 0.278. The van der Waals surface area contributed by atoms with E-state index in [4.69, 9.17) is 4.74 Å². The van der Waals surface area contributed by atoms with E-state index in [1.807, 2.05) is 24.4 Å². The van der Waals surface area contributed by atoms with Gasteiger partial charge in [-0.05, 0) is 41.7 Å². The van der Waals surface area contributed by atoms with Crippen LogP contribution in [0, 0.1) is 0 Å². The molecule has 1 unspecified atom stereocenters. The van der Waals surface area contributed by atoms with Gasteiger partial charge in [-0.15, -0.1) is 24.0 Å². The second kappa shape index (κ2) is 11.6. The number of nitrogens with one attached hydrogen (secondary N) is 2. The van der Waals surface area contributed by atoms with E-state index in [-0.39, 0.29) is 24.0 Å². The fourth-order valence-corrected chi connectivity index (χ4v) is 3.22. The molecule has 0 bridgehead atoms. The standard InChI is InChI=1S/C23H28N4O.HI/c1-17(18-9-11-21(28-3)12-10-18)13-15-26-23(24-2)27-16-20-7-4-6-19-8-5-14-25-22(19)20;/h4-12,14,17H,13,15-16H2,1-3H3,(H2,24,26,27);1H. The van der Waals surface area contributed by atoms with Gasteiger partial charge >= 0.3 is 0 Å². The lowest BCUT2D eigenvalue weighted by Gasteiger charge is -2.16. The van der Waals surface area contributed by atoms with Crippen molar-refractivity contribution in [3.63, 3.8) is 0 Å². The van der Waals surface area contributed by atoms with Gasteiger partial charge in [-0.3, -0.25) is 9.98 Å². The average molecular weight is 504 g/mol. The minimum absolute atomic E-state index is 0. The second-order valence-corrected chi connectivity index (χ2v) is 6.81. The third kappa shape index (κ3) is 6.32. The zero-order chi connectivity index (χ0) is 19.8. The van der Waals surface area contributed by atoms with Gasteiger partial charge in [0.25, 0.3) is 0 Å². The van der Waals surface area contributed by atoms with Gasteiger partial charge in [0.05, 0.1) is 12.6 Å². The van der Waals surface area contributed by atoms with Gasteiger partial charge in [0, 0.05) is 31.7 Å². The number of aromatic nitrogens is 1. The Hall–Kier alpha value is -2.35. The Labute approximate surface area is 190 Å². The number of benzene rings is 2. The molecule has 6 heteroatoms. The summed E-state index contributed by atoms with van der Waals surface area (Å²) in [5, 5.41) is 7.94. The Bertz CT molecular complexity index is 922. The van der Waals surface area contributed by atoms with E-state index in [1.54, 1.807) is 14.2 Å². The van der Waals surface area contributed by atoms with E-state index in [2.05, 4.69) is 63.9 Å². The van der Waals surface area contributed by atoms with Gasteiger partial charge in [-0.25, -0.2) is 0 Å². The third-order valence-electron chi connectivity index (χ3n) is 4.94. The normalized spacial score (nSPS) is 12.2. The van der Waals surface area contributed by atoms with Crippen LogP contribution in [0.1, 0.15) is 30.4 Å². The SMILES string of the molecule is CN=C(NCCC(C)c1ccc(OC)cc1)NCc1cccc2cccnc12.I. The molecule has 0 radical (unpaired) electrons. The van der Waals surface area contributed by atoms with Crippen LogP contribution >= 0.6 is 24.0 Å². The first-order valence-corrected chi connectivity index (χ1v) is 9.62. The molecule has 1 heterocycles. The number of ether oxygens (including phenoxy) is 1. The highest BCUT2D eigenvalue weighted by Crippen LogP contribution is 2.21. The van der Waals surface area contributed by atoms with E-state index >= 15 is 0 Å². The number of nitrogens with zero attached hydrogens (tertiary/aromatic N) is 2. The first-order chi connectivity index (χ1) is 13.7. The van der Waals surface area contributed by atoms with Crippen molar-refractivity contribution in [1.82, 2.24) is 15.6 Å². The Balaban J connectivity index is 0.00000300. The van der Waals surface area contributed by atoms with Crippen molar-refractivity contribution < 1.29 is 4.74 Å². The molecule has 1 aromatic heterocycles. The molecule has 0 amide bonds. The Morgan fingerprint density at radius 3 is 2.55 bits per heavy atom. The molecule has 2 aromatic carbocycles. The minimum atomic E-state index is 0. The molecule has 0 spiro atoms. The van der Waals surface area contributed by atoms with Crippen LogP contribution in [0.3, 0.4) is 0 Å². The predicted molar refractivity (Wildman–Crippen MR) is 131 cm³/mol. The number of pyridine rings is 1. The zero-order valence-electron chi connectivity index (χ0n) is 17.2. The van der Waals surface area contributed by atoms with Crippen LogP contribution in [0.5, 0.6) is 5.75 Å². The van der Waals surface area contributed by atoms with Crippen LogP contribution in [0.25, 0.3) is 10.9 Å². The molecule has 0 aliphatic carbocycles. The highest BCUT2D eigenvalue weighted by Gasteiger charge is 2.07. The highest BCUT2D eigenvalue weighted by atomic mass is 127. The van der Waals surface area contributed by atoms with Crippen molar-refractivity contribution in [2.24, 2.45) is 4.99 Å². The van der Waals surface area contributed by atoms with E-state index in [1.165, 1.54) is 5.56 Å². The van der Waals surface area contributed by atoms with Crippen molar-refractivity contribution in [3.05, 3.63) is 71.9 Å². The number of para-hydroxylation sites is 1. The highest BCUT2D eigenvalue weighted by molar-refractivity contribution is 14.0. The van der Waals surface area contributed by atoms with Crippen molar-refractivity contribution in [1.29, 1.82) is 0 Å². The summed E-state index contributed by atoms with van der Waals surface area (Å²) in [6.07, 6.45) is 2.85. The molecule has 0 aliphatic rings. The first-order valence-electron chi connectivity index (χ1n) is 9.62. The minimum Gasteiger partial charge on any atom is -0.497 e. The number of hydrogen-bond acceptors (Lipinski definition) is 3. The molecular weight excluding hydrogens is 475 g/mol. The molecule has 29 heavy (non-hydrogen) atoms. The van der Waals surface area contributed by atoms with Crippen molar-refractivity contribution >= 4 is 40.8 Å². The summed E-state index contributed by atoms with van der Waals surface area (Å²) in [6, 6.07) is 18.6. The number of aliphatic imine (C=N–C) groups is 1. The first kappa shape index (κ1) is 22.9. The largest absolute Gasteiger partial charge is 0.497 e. The summed E-state index contributed by atoms with van der Waals surface area (Å²) in [6.45, 7) is 3.77. The lowest BCUT2D eigenvalue weighted by atomic mass is 9.98. The molecule has 0 aliphatic heterocycles. The Morgan fingerprint density at radius 2 is 1.83 bits per heavy atom. The number of hydrogen-bond donors (Lipinski definition) is 2. The maximum Gasteiger partial charge on any atom is 0.191 e. The van der Waals surface area contributed by atoms with E-state index in [0.29, 0.717) is 12.5 Å². The van der Waals surface area contributed by atoms with Gasteiger partial charge in [-0.1, -0.05) is 43.3 Å². The fourth-order valence-electron chi connectivity index (χ4n) is 3.22. The number of halogens is 1. The average Bonchev–Trinajstić information content (AvgIpc) is 2.76. The van der Waals surface area contributed by atoms with Crippen LogP contribution in [0.2, 0.25) is 0 Å². The molecular formula is C23H29IN4O. The van der Waals surface area contributed by atoms with Gasteiger partial charge < -0.3 is 15.4 Å². The van der Waals surface area contributed by atoms with Crippen LogP contribution in [-0.2, 0) is 6.54 Å². The molecule has 2 N–H and O–H groups in total. The van der Waals surface area contributed by atoms with Crippen molar-refractivity contribution in [2.75, 3.05) is 20.7 Å². The number of fused-ring (bicyclic) bond motifs is 1. The van der Waals surface area contributed by atoms with E-state index in [0.717, 1.165) is 41.1 Å². The summed E-state index contributed by atoms with van der Waals surface area (Å²) in [4.78, 5) is 8.84. The van der Waals surface area contributed by atoms with Crippen LogP contribution in [-0.4, -0.2) is 31.6 Å². The maximum atomic E-state index is 5.23. The summed E-state index contributed by atoms with van der Waals surface area (Å²) >= 11 is 0. The molecule has 154 valence electrons. The van der Waals surface area contributed by atoms with Crippen LogP contribution in [0.15, 0.2) is 65.8 Å². The van der Waals surface area contributed by atoms with Crippen LogP contribution in [0.4, 0.5) is 0 Å². The molecule has 0 fully saturated rings. The van der Waals surface area contributed by atoms with E-state index < -0.39 is 0 Å². The summed E-state index contributed by atoms with van der Waals surface area (Å²) in [7, 11) is 3.48.